The van der Waals surface area contributed by atoms with Crippen LogP contribution in [-0.4, -0.2) is 11.6 Å². The van der Waals surface area contributed by atoms with Crippen LogP contribution in [0.3, 0.4) is 0 Å². The standard InChI is InChI=1S/C19H20N2OS/c1-4-22-16-8-6-15(7-9-16)20-19-21-18(12-23-19)17-10-5-13(2)11-14(17)3/h5-12H,4H2,1-3H3,(H,20,21). The monoisotopic (exact) mass is 324 g/mol. The Balaban J connectivity index is 1.76. The SMILES string of the molecule is CCOc1ccc(Nc2nc(-c3ccc(C)cc3C)cs2)cc1. The van der Waals surface area contributed by atoms with Gasteiger partial charge in [-0.3, -0.25) is 0 Å². The van der Waals surface area contributed by atoms with E-state index in [9.17, 15) is 0 Å². The Morgan fingerprint density at radius 1 is 1.09 bits per heavy atom. The van der Waals surface area contributed by atoms with Gasteiger partial charge in [0.2, 0.25) is 0 Å². The minimum Gasteiger partial charge on any atom is -0.494 e. The number of rotatable bonds is 5. The summed E-state index contributed by atoms with van der Waals surface area (Å²) in [7, 11) is 0. The smallest absolute Gasteiger partial charge is 0.187 e. The Hall–Kier alpha value is -2.33. The minimum absolute atomic E-state index is 0.679. The molecule has 23 heavy (non-hydrogen) atoms. The molecule has 3 aromatic rings. The van der Waals surface area contributed by atoms with E-state index in [4.69, 9.17) is 9.72 Å². The van der Waals surface area contributed by atoms with Crippen molar-refractivity contribution in [2.75, 3.05) is 11.9 Å². The van der Waals surface area contributed by atoms with Crippen LogP contribution >= 0.6 is 11.3 Å². The normalized spacial score (nSPS) is 10.6. The van der Waals surface area contributed by atoms with E-state index in [-0.39, 0.29) is 0 Å². The first kappa shape index (κ1) is 15.6. The molecule has 3 rings (SSSR count). The number of thiazole rings is 1. The van der Waals surface area contributed by atoms with Gasteiger partial charge in [-0.25, -0.2) is 4.98 Å². The molecular formula is C19H20N2OS. The lowest BCUT2D eigenvalue weighted by molar-refractivity contribution is 0.340. The molecular weight excluding hydrogens is 304 g/mol. The highest BCUT2D eigenvalue weighted by Gasteiger charge is 2.07. The van der Waals surface area contributed by atoms with Gasteiger partial charge < -0.3 is 10.1 Å². The summed E-state index contributed by atoms with van der Waals surface area (Å²) in [5.41, 5.74) is 5.74. The van der Waals surface area contributed by atoms with Crippen molar-refractivity contribution in [3.05, 3.63) is 59.0 Å². The number of benzene rings is 2. The van der Waals surface area contributed by atoms with E-state index in [0.29, 0.717) is 6.61 Å². The van der Waals surface area contributed by atoms with Gasteiger partial charge in [0.25, 0.3) is 0 Å². The predicted octanol–water partition coefficient (Wildman–Crippen LogP) is 5.57. The summed E-state index contributed by atoms with van der Waals surface area (Å²) >= 11 is 1.61. The van der Waals surface area contributed by atoms with E-state index in [1.54, 1.807) is 11.3 Å². The van der Waals surface area contributed by atoms with Crippen molar-refractivity contribution in [2.45, 2.75) is 20.8 Å². The highest BCUT2D eigenvalue weighted by atomic mass is 32.1. The lowest BCUT2D eigenvalue weighted by atomic mass is 10.0. The molecule has 0 atom stereocenters. The van der Waals surface area contributed by atoms with Crippen molar-refractivity contribution < 1.29 is 4.74 Å². The van der Waals surface area contributed by atoms with Crippen molar-refractivity contribution in [1.29, 1.82) is 0 Å². The van der Waals surface area contributed by atoms with Gasteiger partial charge in [0.1, 0.15) is 5.75 Å². The lowest BCUT2D eigenvalue weighted by Crippen LogP contribution is -1.93. The second kappa shape index (κ2) is 6.84. The van der Waals surface area contributed by atoms with E-state index in [1.165, 1.54) is 16.7 Å². The van der Waals surface area contributed by atoms with Crippen LogP contribution in [0.5, 0.6) is 5.75 Å². The fourth-order valence-electron chi connectivity index (χ4n) is 2.48. The van der Waals surface area contributed by atoms with Gasteiger partial charge in [-0.15, -0.1) is 11.3 Å². The molecule has 0 unspecified atom stereocenters. The van der Waals surface area contributed by atoms with Gasteiger partial charge in [0, 0.05) is 16.6 Å². The molecule has 0 aliphatic rings. The second-order valence-electron chi connectivity index (χ2n) is 5.44. The number of ether oxygens (including phenoxy) is 1. The van der Waals surface area contributed by atoms with Crippen LogP contribution in [0, 0.1) is 13.8 Å². The fourth-order valence-corrected chi connectivity index (χ4v) is 3.21. The zero-order valence-electron chi connectivity index (χ0n) is 13.6. The van der Waals surface area contributed by atoms with Gasteiger partial charge in [-0.2, -0.15) is 0 Å². The van der Waals surface area contributed by atoms with Crippen LogP contribution in [0.25, 0.3) is 11.3 Å². The van der Waals surface area contributed by atoms with E-state index in [0.717, 1.165) is 22.3 Å². The zero-order chi connectivity index (χ0) is 16.2. The molecule has 0 amide bonds. The van der Waals surface area contributed by atoms with Crippen LogP contribution < -0.4 is 10.1 Å². The lowest BCUT2D eigenvalue weighted by Gasteiger charge is -2.06. The largest absolute Gasteiger partial charge is 0.494 e. The van der Waals surface area contributed by atoms with Crippen molar-refractivity contribution in [3.63, 3.8) is 0 Å². The van der Waals surface area contributed by atoms with Gasteiger partial charge >= 0.3 is 0 Å². The molecule has 1 aromatic heterocycles. The molecule has 4 heteroatoms. The summed E-state index contributed by atoms with van der Waals surface area (Å²) in [6.07, 6.45) is 0. The topological polar surface area (TPSA) is 34.1 Å². The highest BCUT2D eigenvalue weighted by molar-refractivity contribution is 7.14. The van der Waals surface area contributed by atoms with Crippen molar-refractivity contribution in [3.8, 4) is 17.0 Å². The Labute approximate surface area is 141 Å². The zero-order valence-corrected chi connectivity index (χ0v) is 14.4. The summed E-state index contributed by atoms with van der Waals surface area (Å²) in [5.74, 6) is 0.883. The first-order valence-electron chi connectivity index (χ1n) is 7.69. The molecule has 0 radical (unpaired) electrons. The van der Waals surface area contributed by atoms with Crippen molar-refractivity contribution in [2.24, 2.45) is 0 Å². The highest BCUT2D eigenvalue weighted by Crippen LogP contribution is 2.29. The summed E-state index contributed by atoms with van der Waals surface area (Å²) in [4.78, 5) is 4.70. The molecule has 0 fully saturated rings. The number of nitrogens with one attached hydrogen (secondary N) is 1. The quantitative estimate of drug-likeness (QED) is 0.666. The average molecular weight is 324 g/mol. The van der Waals surface area contributed by atoms with E-state index in [1.807, 2.05) is 31.2 Å². The minimum atomic E-state index is 0.679. The van der Waals surface area contributed by atoms with Crippen molar-refractivity contribution in [1.82, 2.24) is 4.98 Å². The van der Waals surface area contributed by atoms with Crippen LogP contribution in [0.2, 0.25) is 0 Å². The molecule has 0 aliphatic carbocycles. The molecule has 2 aromatic carbocycles. The maximum atomic E-state index is 5.45. The molecule has 0 spiro atoms. The van der Waals surface area contributed by atoms with E-state index >= 15 is 0 Å². The van der Waals surface area contributed by atoms with Gasteiger partial charge in [0.05, 0.1) is 12.3 Å². The van der Waals surface area contributed by atoms with Crippen LogP contribution in [-0.2, 0) is 0 Å². The van der Waals surface area contributed by atoms with Gasteiger partial charge in [-0.05, 0) is 50.6 Å². The molecule has 0 aliphatic heterocycles. The van der Waals surface area contributed by atoms with Gasteiger partial charge in [0.15, 0.2) is 5.13 Å². The van der Waals surface area contributed by atoms with Crippen LogP contribution in [0.4, 0.5) is 10.8 Å². The Morgan fingerprint density at radius 3 is 2.57 bits per heavy atom. The third-order valence-corrected chi connectivity index (χ3v) is 4.34. The van der Waals surface area contributed by atoms with Gasteiger partial charge in [-0.1, -0.05) is 23.8 Å². The van der Waals surface area contributed by atoms with E-state index in [2.05, 4.69) is 42.7 Å². The number of aryl methyl sites for hydroxylation is 2. The fraction of sp³-hybridized carbons (Fsp3) is 0.211. The number of anilines is 2. The predicted molar refractivity (Wildman–Crippen MR) is 97.9 cm³/mol. The maximum Gasteiger partial charge on any atom is 0.187 e. The summed E-state index contributed by atoms with van der Waals surface area (Å²) in [5, 5.41) is 6.33. The average Bonchev–Trinajstić information content (AvgIpc) is 2.98. The maximum absolute atomic E-state index is 5.45. The molecule has 0 saturated carbocycles. The van der Waals surface area contributed by atoms with Crippen LogP contribution in [0.15, 0.2) is 47.8 Å². The van der Waals surface area contributed by atoms with E-state index < -0.39 is 0 Å². The summed E-state index contributed by atoms with van der Waals surface area (Å²) < 4.78 is 5.45. The second-order valence-corrected chi connectivity index (χ2v) is 6.30. The number of hydrogen-bond donors (Lipinski definition) is 1. The summed E-state index contributed by atoms with van der Waals surface area (Å²) in [6.45, 7) is 6.90. The van der Waals surface area contributed by atoms with Crippen molar-refractivity contribution >= 4 is 22.2 Å². The number of nitrogens with zero attached hydrogens (tertiary/aromatic N) is 1. The van der Waals surface area contributed by atoms with Crippen LogP contribution in [0.1, 0.15) is 18.1 Å². The molecule has 1 heterocycles. The Kier molecular flexibility index (Phi) is 4.63. The molecule has 0 bridgehead atoms. The molecule has 118 valence electrons. The third kappa shape index (κ3) is 3.71. The Morgan fingerprint density at radius 2 is 1.87 bits per heavy atom. The summed E-state index contributed by atoms with van der Waals surface area (Å²) in [6, 6.07) is 14.4. The molecule has 3 nitrogen and oxygen atoms in total. The first-order chi connectivity index (χ1) is 11.2. The third-order valence-electron chi connectivity index (χ3n) is 3.58. The number of hydrogen-bond acceptors (Lipinski definition) is 4. The number of aromatic nitrogens is 1. The molecule has 0 saturated heterocycles. The first-order valence-corrected chi connectivity index (χ1v) is 8.56. The Bertz CT molecular complexity index is 793. The molecule has 1 N–H and O–H groups in total.